The van der Waals surface area contributed by atoms with Gasteiger partial charge in [-0.1, -0.05) is 18.2 Å². The van der Waals surface area contributed by atoms with Crippen molar-refractivity contribution >= 4 is 11.6 Å². The molecule has 0 saturated heterocycles. The molecule has 0 spiro atoms. The number of amides is 1. The van der Waals surface area contributed by atoms with Crippen LogP contribution in [0.4, 0.5) is 10.1 Å². The topological polar surface area (TPSA) is 72.2 Å². The summed E-state index contributed by atoms with van der Waals surface area (Å²) in [6.45, 7) is 3.30. The lowest BCUT2D eigenvalue weighted by molar-refractivity contribution is -0.385. The Kier molecular flexibility index (Phi) is 4.50. The number of nitrogens with one attached hydrogen (secondary N) is 1. The number of hydrogen-bond donors (Lipinski definition) is 1. The molecule has 2 aromatic rings. The van der Waals surface area contributed by atoms with E-state index in [0.29, 0.717) is 5.56 Å². The normalized spacial score (nSPS) is 11.8. The fourth-order valence-electron chi connectivity index (χ4n) is 2.18. The Morgan fingerprint density at radius 1 is 1.23 bits per heavy atom. The number of carbonyl (C=O) groups excluding carboxylic acids is 1. The zero-order chi connectivity index (χ0) is 16.3. The minimum Gasteiger partial charge on any atom is -0.346 e. The number of nitro benzene ring substituents is 1. The predicted molar refractivity (Wildman–Crippen MR) is 80.1 cm³/mol. The molecule has 0 aromatic heterocycles. The van der Waals surface area contributed by atoms with Gasteiger partial charge in [-0.15, -0.1) is 0 Å². The minimum atomic E-state index is -0.518. The molecule has 0 heterocycles. The number of benzene rings is 2. The Bertz CT molecular complexity index is 714. The van der Waals surface area contributed by atoms with Crippen molar-refractivity contribution in [3.8, 4) is 0 Å². The van der Waals surface area contributed by atoms with E-state index in [0.717, 1.165) is 5.56 Å². The summed E-state index contributed by atoms with van der Waals surface area (Å²) in [6, 6.07) is 9.83. The predicted octanol–water partition coefficient (Wildman–Crippen LogP) is 3.53. The van der Waals surface area contributed by atoms with Crippen molar-refractivity contribution in [3.05, 3.63) is 75.1 Å². The van der Waals surface area contributed by atoms with Crippen molar-refractivity contribution in [1.29, 1.82) is 0 Å². The highest BCUT2D eigenvalue weighted by Crippen LogP contribution is 2.22. The van der Waals surface area contributed by atoms with Gasteiger partial charge in [0.25, 0.3) is 11.6 Å². The van der Waals surface area contributed by atoms with Gasteiger partial charge in [0.05, 0.1) is 11.0 Å². The first-order valence-corrected chi connectivity index (χ1v) is 6.70. The number of nitro groups is 1. The summed E-state index contributed by atoms with van der Waals surface area (Å²) in [6.07, 6.45) is 0. The van der Waals surface area contributed by atoms with Crippen molar-refractivity contribution in [1.82, 2.24) is 5.32 Å². The Labute approximate surface area is 126 Å². The number of hydrogen-bond acceptors (Lipinski definition) is 3. The lowest BCUT2D eigenvalue weighted by Gasteiger charge is -2.15. The van der Waals surface area contributed by atoms with Crippen LogP contribution in [0.2, 0.25) is 0 Å². The van der Waals surface area contributed by atoms with Crippen LogP contribution >= 0.6 is 0 Å². The van der Waals surface area contributed by atoms with Crippen LogP contribution in [-0.4, -0.2) is 10.8 Å². The highest BCUT2D eigenvalue weighted by molar-refractivity contribution is 5.96. The maximum absolute atomic E-state index is 12.9. The van der Waals surface area contributed by atoms with Gasteiger partial charge in [0.15, 0.2) is 0 Å². The molecule has 1 atom stereocenters. The van der Waals surface area contributed by atoms with Crippen LogP contribution in [-0.2, 0) is 0 Å². The van der Waals surface area contributed by atoms with Gasteiger partial charge in [0.2, 0.25) is 0 Å². The van der Waals surface area contributed by atoms with E-state index in [-0.39, 0.29) is 23.1 Å². The molecule has 5 nitrogen and oxygen atoms in total. The molecule has 0 radical (unpaired) electrons. The lowest BCUT2D eigenvalue weighted by atomic mass is 10.0. The van der Waals surface area contributed by atoms with Crippen LogP contribution in [0.15, 0.2) is 42.5 Å². The van der Waals surface area contributed by atoms with Crippen molar-refractivity contribution in [3.63, 3.8) is 0 Å². The molecule has 2 aromatic carbocycles. The van der Waals surface area contributed by atoms with E-state index in [1.807, 2.05) is 0 Å². The Morgan fingerprint density at radius 3 is 2.45 bits per heavy atom. The van der Waals surface area contributed by atoms with Gasteiger partial charge < -0.3 is 5.32 Å². The second kappa shape index (κ2) is 6.34. The van der Waals surface area contributed by atoms with E-state index in [1.165, 1.54) is 37.3 Å². The summed E-state index contributed by atoms with van der Waals surface area (Å²) in [5.74, 6) is -0.755. The maximum Gasteiger partial charge on any atom is 0.273 e. The van der Waals surface area contributed by atoms with Crippen LogP contribution in [0.3, 0.4) is 0 Å². The molecular formula is C16H15FN2O3. The molecule has 0 fully saturated rings. The molecule has 0 aliphatic carbocycles. The molecule has 0 bridgehead atoms. The first-order chi connectivity index (χ1) is 10.4. The second-order valence-electron chi connectivity index (χ2n) is 4.95. The molecule has 0 aliphatic rings. The Morgan fingerprint density at radius 2 is 1.86 bits per heavy atom. The van der Waals surface area contributed by atoms with E-state index in [1.54, 1.807) is 19.1 Å². The third kappa shape index (κ3) is 3.28. The highest BCUT2D eigenvalue weighted by atomic mass is 19.1. The van der Waals surface area contributed by atoms with Gasteiger partial charge in [0, 0.05) is 17.2 Å². The van der Waals surface area contributed by atoms with Gasteiger partial charge in [-0.25, -0.2) is 4.39 Å². The zero-order valence-electron chi connectivity index (χ0n) is 12.2. The van der Waals surface area contributed by atoms with Crippen molar-refractivity contribution < 1.29 is 14.1 Å². The van der Waals surface area contributed by atoms with Gasteiger partial charge in [-0.3, -0.25) is 14.9 Å². The first kappa shape index (κ1) is 15.6. The summed E-state index contributed by atoms with van der Waals surface area (Å²) in [7, 11) is 0. The van der Waals surface area contributed by atoms with Crippen LogP contribution in [0.5, 0.6) is 0 Å². The van der Waals surface area contributed by atoms with Crippen LogP contribution < -0.4 is 5.32 Å². The average molecular weight is 302 g/mol. The van der Waals surface area contributed by atoms with E-state index < -0.39 is 10.8 Å². The molecular weight excluding hydrogens is 287 g/mol. The third-order valence-corrected chi connectivity index (χ3v) is 3.46. The fraction of sp³-hybridized carbons (Fsp3) is 0.188. The van der Waals surface area contributed by atoms with E-state index in [2.05, 4.69) is 5.32 Å². The van der Waals surface area contributed by atoms with Crippen molar-refractivity contribution in [2.45, 2.75) is 19.9 Å². The van der Waals surface area contributed by atoms with Gasteiger partial charge in [0.1, 0.15) is 5.82 Å². The number of carbonyl (C=O) groups is 1. The highest BCUT2D eigenvalue weighted by Gasteiger charge is 2.19. The molecule has 0 saturated carbocycles. The van der Waals surface area contributed by atoms with E-state index in [4.69, 9.17) is 0 Å². The van der Waals surface area contributed by atoms with E-state index >= 15 is 0 Å². The fourth-order valence-corrected chi connectivity index (χ4v) is 2.18. The standard InChI is InChI=1S/C16H15FN2O3/c1-10-14(4-3-5-15(10)19(21)22)16(20)18-11(2)12-6-8-13(17)9-7-12/h3-9,11H,1-2H3,(H,18,20). The van der Waals surface area contributed by atoms with Crippen molar-refractivity contribution in [2.75, 3.05) is 0 Å². The summed E-state index contributed by atoms with van der Waals surface area (Å²) in [5, 5.41) is 13.7. The van der Waals surface area contributed by atoms with Crippen molar-refractivity contribution in [2.24, 2.45) is 0 Å². The van der Waals surface area contributed by atoms with Crippen LogP contribution in [0, 0.1) is 22.9 Å². The lowest BCUT2D eigenvalue weighted by Crippen LogP contribution is -2.27. The molecule has 6 heteroatoms. The number of nitrogens with zero attached hydrogens (tertiary/aromatic N) is 1. The Hall–Kier alpha value is -2.76. The maximum atomic E-state index is 12.9. The molecule has 1 N–H and O–H groups in total. The molecule has 114 valence electrons. The van der Waals surface area contributed by atoms with Gasteiger partial charge in [-0.2, -0.15) is 0 Å². The monoisotopic (exact) mass is 302 g/mol. The summed E-state index contributed by atoms with van der Waals surface area (Å²) >= 11 is 0. The van der Waals surface area contributed by atoms with Crippen LogP contribution in [0.1, 0.15) is 34.5 Å². The number of halogens is 1. The SMILES string of the molecule is Cc1c(C(=O)NC(C)c2ccc(F)cc2)cccc1[N+](=O)[O-]. The molecule has 2 rings (SSSR count). The first-order valence-electron chi connectivity index (χ1n) is 6.70. The van der Waals surface area contributed by atoms with Crippen LogP contribution in [0.25, 0.3) is 0 Å². The van der Waals surface area contributed by atoms with E-state index in [9.17, 15) is 19.3 Å². The smallest absolute Gasteiger partial charge is 0.273 e. The quantitative estimate of drug-likeness (QED) is 0.693. The average Bonchev–Trinajstić information content (AvgIpc) is 2.47. The minimum absolute atomic E-state index is 0.0953. The second-order valence-corrected chi connectivity index (χ2v) is 4.95. The molecule has 1 amide bonds. The summed E-state index contributed by atoms with van der Waals surface area (Å²) in [4.78, 5) is 22.7. The summed E-state index contributed by atoms with van der Waals surface area (Å²) < 4.78 is 12.9. The molecule has 22 heavy (non-hydrogen) atoms. The molecule has 0 aliphatic heterocycles. The third-order valence-electron chi connectivity index (χ3n) is 3.46. The Balaban J connectivity index is 2.20. The zero-order valence-corrected chi connectivity index (χ0v) is 12.2. The number of rotatable bonds is 4. The van der Waals surface area contributed by atoms with Gasteiger partial charge >= 0.3 is 0 Å². The van der Waals surface area contributed by atoms with Gasteiger partial charge in [-0.05, 0) is 37.6 Å². The molecule has 1 unspecified atom stereocenters. The summed E-state index contributed by atoms with van der Waals surface area (Å²) in [5.41, 5.74) is 1.22. The largest absolute Gasteiger partial charge is 0.346 e.